The normalized spacial score (nSPS) is 11.4. The number of nitrogens with one attached hydrogen (secondary N) is 2. The van der Waals surface area contributed by atoms with Crippen LogP contribution >= 0.6 is 22.9 Å². The number of hydrogen-bond donors (Lipinski definition) is 2. The number of hydrogen-bond acceptors (Lipinski definition) is 4. The molecule has 1 heterocycles. The number of aryl methyl sites for hydroxylation is 1. The van der Waals surface area contributed by atoms with Gasteiger partial charge in [0.2, 0.25) is 0 Å². The van der Waals surface area contributed by atoms with Crippen LogP contribution in [0.5, 0.6) is 5.75 Å². The second kappa shape index (κ2) is 10.3. The molecule has 0 aliphatic rings. The predicted molar refractivity (Wildman–Crippen MR) is 106 cm³/mol. The zero-order valence-electron chi connectivity index (χ0n) is 14.9. The molecule has 0 saturated carbocycles. The molecule has 0 radical (unpaired) electrons. The van der Waals surface area contributed by atoms with Crippen LogP contribution in [-0.2, 0) is 12.8 Å². The largest absolute Gasteiger partial charge is 0.497 e. The van der Waals surface area contributed by atoms with E-state index < -0.39 is 0 Å². The van der Waals surface area contributed by atoms with Crippen LogP contribution in [0.1, 0.15) is 23.2 Å². The predicted octanol–water partition coefficient (Wildman–Crippen LogP) is 3.45. The topological polar surface area (TPSA) is 58.5 Å². The van der Waals surface area contributed by atoms with Gasteiger partial charge in [-0.2, -0.15) is 0 Å². The summed E-state index contributed by atoms with van der Waals surface area (Å²) < 4.78 is 5.17. The van der Waals surface area contributed by atoms with E-state index in [0.717, 1.165) is 58.9 Å². The van der Waals surface area contributed by atoms with E-state index in [0.29, 0.717) is 6.54 Å². The van der Waals surface area contributed by atoms with Gasteiger partial charge in [0.05, 0.1) is 17.8 Å². The van der Waals surface area contributed by atoms with Crippen molar-refractivity contribution in [2.75, 3.05) is 26.7 Å². The van der Waals surface area contributed by atoms with Crippen LogP contribution in [0, 0.1) is 6.92 Å². The lowest BCUT2D eigenvalue weighted by atomic mass is 10.1. The Morgan fingerprint density at radius 3 is 2.80 bits per heavy atom. The number of ether oxygens (including phenoxy) is 1. The summed E-state index contributed by atoms with van der Waals surface area (Å²) in [6.45, 7) is 6.37. The minimum atomic E-state index is 0.710. The second-order valence-corrected chi connectivity index (χ2v) is 6.97. The smallest absolute Gasteiger partial charge is 0.191 e. The molecule has 2 rings (SSSR count). The van der Waals surface area contributed by atoms with E-state index in [9.17, 15) is 0 Å². The van der Waals surface area contributed by atoms with E-state index in [-0.39, 0.29) is 0 Å². The molecule has 0 bridgehead atoms. The number of aromatic nitrogens is 1. The van der Waals surface area contributed by atoms with Gasteiger partial charge >= 0.3 is 0 Å². The molecule has 0 aliphatic carbocycles. The van der Waals surface area contributed by atoms with Crippen molar-refractivity contribution in [3.05, 3.63) is 44.9 Å². The molecule has 0 spiro atoms. The number of guanidine groups is 1. The van der Waals surface area contributed by atoms with Crippen molar-refractivity contribution in [1.82, 2.24) is 15.6 Å². The zero-order chi connectivity index (χ0) is 18.1. The monoisotopic (exact) mass is 380 g/mol. The molecule has 5 nitrogen and oxygen atoms in total. The van der Waals surface area contributed by atoms with Gasteiger partial charge in [0, 0.05) is 36.5 Å². The third kappa shape index (κ3) is 6.55. The Labute approximate surface area is 158 Å². The summed E-state index contributed by atoms with van der Waals surface area (Å²) >= 11 is 7.96. The summed E-state index contributed by atoms with van der Waals surface area (Å²) in [7, 11) is 1.64. The molecule has 0 aliphatic heterocycles. The van der Waals surface area contributed by atoms with Gasteiger partial charge in [-0.3, -0.25) is 4.99 Å². The lowest BCUT2D eigenvalue weighted by molar-refractivity contribution is 0.414. The number of methoxy groups -OCH3 is 1. The first-order valence-electron chi connectivity index (χ1n) is 8.38. The van der Waals surface area contributed by atoms with Gasteiger partial charge in [-0.05, 0) is 38.0 Å². The number of halogens is 1. The van der Waals surface area contributed by atoms with E-state index in [4.69, 9.17) is 16.3 Å². The zero-order valence-corrected chi connectivity index (χ0v) is 16.5. The molecule has 0 fully saturated rings. The summed E-state index contributed by atoms with van der Waals surface area (Å²) in [6.07, 6.45) is 1.67. The number of aliphatic imine (C=N–C) groups is 1. The van der Waals surface area contributed by atoms with Gasteiger partial charge in [-0.25, -0.2) is 4.98 Å². The van der Waals surface area contributed by atoms with Gasteiger partial charge in [0.15, 0.2) is 5.96 Å². The fraction of sp³-hybridized carbons (Fsp3) is 0.444. The van der Waals surface area contributed by atoms with Gasteiger partial charge in [0.1, 0.15) is 5.75 Å². The fourth-order valence-electron chi connectivity index (χ4n) is 2.32. The van der Waals surface area contributed by atoms with Gasteiger partial charge < -0.3 is 15.4 Å². The van der Waals surface area contributed by atoms with Gasteiger partial charge in [0.25, 0.3) is 0 Å². The maximum absolute atomic E-state index is 6.28. The standard InChI is InChI=1S/C18H25ClN4OS/c1-4-20-18(22-10-8-15-12-25-13(2)23-15)21-9-7-14-5-6-16(24-3)11-17(14)19/h5-6,11-12H,4,7-10H2,1-3H3,(H2,20,21,22). The molecular formula is C18H25ClN4OS. The van der Waals surface area contributed by atoms with Crippen LogP contribution in [0.3, 0.4) is 0 Å². The Hall–Kier alpha value is -1.79. The highest BCUT2D eigenvalue weighted by Crippen LogP contribution is 2.22. The maximum atomic E-state index is 6.28. The first kappa shape index (κ1) is 19.5. The first-order chi connectivity index (χ1) is 12.1. The molecule has 0 amide bonds. The Bertz CT molecular complexity index is 702. The highest BCUT2D eigenvalue weighted by molar-refractivity contribution is 7.09. The van der Waals surface area contributed by atoms with E-state index in [1.54, 1.807) is 18.4 Å². The molecule has 0 saturated heterocycles. The van der Waals surface area contributed by atoms with Crippen LogP contribution in [0.4, 0.5) is 0 Å². The Kier molecular flexibility index (Phi) is 8.01. The summed E-state index contributed by atoms with van der Waals surface area (Å²) in [5, 5.41) is 10.5. The number of rotatable bonds is 8. The van der Waals surface area contributed by atoms with Crippen LogP contribution in [0.25, 0.3) is 0 Å². The van der Waals surface area contributed by atoms with Crippen LogP contribution in [0.2, 0.25) is 5.02 Å². The Morgan fingerprint density at radius 2 is 2.16 bits per heavy atom. The maximum Gasteiger partial charge on any atom is 0.191 e. The van der Waals surface area contributed by atoms with Crippen molar-refractivity contribution in [1.29, 1.82) is 0 Å². The third-order valence-corrected chi connectivity index (χ3v) is 4.77. The molecule has 7 heteroatoms. The minimum Gasteiger partial charge on any atom is -0.497 e. The van der Waals surface area contributed by atoms with Crippen molar-refractivity contribution < 1.29 is 4.74 Å². The molecular weight excluding hydrogens is 356 g/mol. The Balaban J connectivity index is 1.83. The fourth-order valence-corrected chi connectivity index (χ4v) is 3.23. The molecule has 1 aromatic heterocycles. The third-order valence-electron chi connectivity index (χ3n) is 3.60. The quantitative estimate of drug-likeness (QED) is 0.544. The lowest BCUT2D eigenvalue weighted by Crippen LogP contribution is -2.38. The lowest BCUT2D eigenvalue weighted by Gasteiger charge is -2.12. The van der Waals surface area contributed by atoms with Crippen LogP contribution < -0.4 is 15.4 Å². The number of nitrogens with zero attached hydrogens (tertiary/aromatic N) is 2. The van der Waals surface area contributed by atoms with Gasteiger partial charge in [-0.1, -0.05) is 17.7 Å². The average Bonchev–Trinajstić information content (AvgIpc) is 3.01. The molecule has 0 atom stereocenters. The minimum absolute atomic E-state index is 0.710. The molecule has 2 aromatic rings. The van der Waals surface area contributed by atoms with Crippen molar-refractivity contribution >= 4 is 28.9 Å². The summed E-state index contributed by atoms with van der Waals surface area (Å²) in [5.74, 6) is 1.59. The van der Waals surface area contributed by atoms with E-state index in [1.165, 1.54) is 0 Å². The molecule has 25 heavy (non-hydrogen) atoms. The van der Waals surface area contributed by atoms with E-state index in [1.807, 2.05) is 25.1 Å². The number of benzene rings is 1. The van der Waals surface area contributed by atoms with Crippen molar-refractivity contribution in [2.45, 2.75) is 26.7 Å². The highest BCUT2D eigenvalue weighted by Gasteiger charge is 2.04. The average molecular weight is 381 g/mol. The van der Waals surface area contributed by atoms with Crippen molar-refractivity contribution in [2.24, 2.45) is 4.99 Å². The van der Waals surface area contributed by atoms with Crippen molar-refractivity contribution in [3.63, 3.8) is 0 Å². The summed E-state index contributed by atoms with van der Waals surface area (Å²) in [4.78, 5) is 9.07. The van der Waals surface area contributed by atoms with Gasteiger partial charge in [-0.15, -0.1) is 11.3 Å². The molecule has 136 valence electrons. The molecule has 0 unspecified atom stereocenters. The van der Waals surface area contributed by atoms with Crippen LogP contribution in [-0.4, -0.2) is 37.7 Å². The SMILES string of the molecule is CCNC(=NCCc1csc(C)n1)NCCc1ccc(OC)cc1Cl. The second-order valence-electron chi connectivity index (χ2n) is 5.50. The van der Waals surface area contributed by atoms with Crippen molar-refractivity contribution in [3.8, 4) is 5.75 Å². The molecule has 2 N–H and O–H groups in total. The molecule has 1 aromatic carbocycles. The van der Waals surface area contributed by atoms with E-state index >= 15 is 0 Å². The summed E-state index contributed by atoms with van der Waals surface area (Å²) in [5.41, 5.74) is 2.19. The highest BCUT2D eigenvalue weighted by atomic mass is 35.5. The number of thiazole rings is 1. The Morgan fingerprint density at radius 1 is 1.32 bits per heavy atom. The summed E-state index contributed by atoms with van der Waals surface area (Å²) in [6, 6.07) is 5.76. The first-order valence-corrected chi connectivity index (χ1v) is 9.63. The van der Waals surface area contributed by atoms with E-state index in [2.05, 4.69) is 32.9 Å². The van der Waals surface area contributed by atoms with Crippen LogP contribution in [0.15, 0.2) is 28.6 Å².